The van der Waals surface area contributed by atoms with Gasteiger partial charge in [0.25, 0.3) is 0 Å². The van der Waals surface area contributed by atoms with Gasteiger partial charge in [-0.3, -0.25) is 0 Å². The lowest BCUT2D eigenvalue weighted by Crippen LogP contribution is -2.17. The lowest BCUT2D eigenvalue weighted by molar-refractivity contribution is 0.372. The van der Waals surface area contributed by atoms with Crippen LogP contribution in [0.4, 0.5) is 0 Å². The molecular weight excluding hydrogens is 134 g/mol. The smallest absolute Gasteiger partial charge is 0.0162 e. The van der Waals surface area contributed by atoms with Crippen molar-refractivity contribution >= 4 is 0 Å². The van der Waals surface area contributed by atoms with Gasteiger partial charge in [0.2, 0.25) is 0 Å². The lowest BCUT2D eigenvalue weighted by atomic mass is 10.2. The van der Waals surface area contributed by atoms with Crippen LogP contribution in [0.5, 0.6) is 0 Å². The highest BCUT2D eigenvalue weighted by Crippen LogP contribution is 2.08. The quantitative estimate of drug-likeness (QED) is 0.486. The first kappa shape index (κ1) is 10.7. The molecule has 0 saturated heterocycles. The maximum atomic E-state index is 2.36. The van der Waals surface area contributed by atoms with Gasteiger partial charge in [-0.25, -0.2) is 0 Å². The first-order chi connectivity index (χ1) is 5.29. The molecule has 1 rings (SSSR count). The van der Waals surface area contributed by atoms with E-state index in [0.29, 0.717) is 0 Å². The summed E-state index contributed by atoms with van der Waals surface area (Å²) in [7, 11) is 2.18. The summed E-state index contributed by atoms with van der Waals surface area (Å²) in [5.74, 6) is 0. The highest BCUT2D eigenvalue weighted by atomic mass is 15.1. The molecule has 0 saturated carbocycles. The zero-order valence-electron chi connectivity index (χ0n) is 8.35. The van der Waals surface area contributed by atoms with Crippen LogP contribution >= 0.6 is 0 Å². The molecular formula is C10H21N. The summed E-state index contributed by atoms with van der Waals surface area (Å²) >= 11 is 0. The number of hydrogen-bond acceptors (Lipinski definition) is 1. The van der Waals surface area contributed by atoms with Gasteiger partial charge in [0, 0.05) is 6.54 Å². The normalized spacial score (nSPS) is 19.5. The van der Waals surface area contributed by atoms with Crippen LogP contribution in [-0.4, -0.2) is 25.0 Å². The summed E-state index contributed by atoms with van der Waals surface area (Å²) in [5.41, 5.74) is 1.55. The van der Waals surface area contributed by atoms with E-state index in [9.17, 15) is 0 Å². The van der Waals surface area contributed by atoms with Crippen molar-refractivity contribution in [2.45, 2.75) is 33.6 Å². The van der Waals surface area contributed by atoms with E-state index in [2.05, 4.69) is 24.9 Å². The number of nitrogens with zero attached hydrogens (tertiary/aromatic N) is 1. The fourth-order valence-electron chi connectivity index (χ4n) is 1.13. The Balaban J connectivity index is 0.000000461. The van der Waals surface area contributed by atoms with E-state index in [1.165, 1.54) is 19.4 Å². The number of allylic oxidation sites excluding steroid dienone is 1. The van der Waals surface area contributed by atoms with Crippen LogP contribution in [0.25, 0.3) is 0 Å². The average molecular weight is 155 g/mol. The zero-order valence-corrected chi connectivity index (χ0v) is 8.35. The van der Waals surface area contributed by atoms with Crippen LogP contribution in [0.2, 0.25) is 0 Å². The molecule has 66 valence electrons. The molecule has 0 atom stereocenters. The van der Waals surface area contributed by atoms with E-state index < -0.39 is 0 Å². The first-order valence-electron chi connectivity index (χ1n) is 4.63. The standard InChI is InChI=1S/C8H15N.C2H6/c1-8-4-3-6-9(2)7-5-8;1-2/h5H,3-4,6-7H2,1-2H3;1-2H3. The highest BCUT2D eigenvalue weighted by Gasteiger charge is 2.00. The molecule has 11 heavy (non-hydrogen) atoms. The molecule has 1 heterocycles. The van der Waals surface area contributed by atoms with Crippen molar-refractivity contribution in [3.05, 3.63) is 11.6 Å². The van der Waals surface area contributed by atoms with Gasteiger partial charge in [-0.1, -0.05) is 25.5 Å². The van der Waals surface area contributed by atoms with E-state index in [1.807, 2.05) is 13.8 Å². The Morgan fingerprint density at radius 3 is 2.64 bits per heavy atom. The van der Waals surface area contributed by atoms with E-state index in [1.54, 1.807) is 5.57 Å². The van der Waals surface area contributed by atoms with Gasteiger partial charge in [0.05, 0.1) is 0 Å². The fraction of sp³-hybridized carbons (Fsp3) is 0.800. The molecule has 0 aromatic rings. The van der Waals surface area contributed by atoms with Crippen LogP contribution in [0.1, 0.15) is 33.6 Å². The van der Waals surface area contributed by atoms with Crippen LogP contribution in [0.15, 0.2) is 11.6 Å². The largest absolute Gasteiger partial charge is 0.303 e. The van der Waals surface area contributed by atoms with Gasteiger partial charge in [-0.15, -0.1) is 0 Å². The first-order valence-corrected chi connectivity index (χ1v) is 4.63. The fourth-order valence-corrected chi connectivity index (χ4v) is 1.13. The van der Waals surface area contributed by atoms with Gasteiger partial charge in [-0.05, 0) is 33.4 Å². The number of hydrogen-bond donors (Lipinski definition) is 0. The maximum absolute atomic E-state index is 2.36. The minimum atomic E-state index is 1.14. The summed E-state index contributed by atoms with van der Waals surface area (Å²) in [5, 5.41) is 0. The Labute approximate surface area is 71.1 Å². The summed E-state index contributed by atoms with van der Waals surface area (Å²) in [6.07, 6.45) is 4.95. The van der Waals surface area contributed by atoms with E-state index in [4.69, 9.17) is 0 Å². The number of rotatable bonds is 0. The third-order valence-corrected chi connectivity index (χ3v) is 1.86. The van der Waals surface area contributed by atoms with Crippen LogP contribution < -0.4 is 0 Å². The lowest BCUT2D eigenvalue weighted by Gasteiger charge is -2.09. The molecule has 0 radical (unpaired) electrons. The molecule has 1 nitrogen and oxygen atoms in total. The summed E-state index contributed by atoms with van der Waals surface area (Å²) < 4.78 is 0. The van der Waals surface area contributed by atoms with E-state index in [-0.39, 0.29) is 0 Å². The zero-order chi connectivity index (χ0) is 8.69. The van der Waals surface area contributed by atoms with Crippen molar-refractivity contribution in [3.8, 4) is 0 Å². The van der Waals surface area contributed by atoms with Gasteiger partial charge >= 0.3 is 0 Å². The molecule has 0 aromatic heterocycles. The monoisotopic (exact) mass is 155 g/mol. The molecule has 0 bridgehead atoms. The Morgan fingerprint density at radius 2 is 2.00 bits per heavy atom. The Kier molecular flexibility index (Phi) is 6.24. The van der Waals surface area contributed by atoms with Crippen molar-refractivity contribution in [2.75, 3.05) is 20.1 Å². The van der Waals surface area contributed by atoms with E-state index in [0.717, 1.165) is 6.54 Å². The summed E-state index contributed by atoms with van der Waals surface area (Å²) in [4.78, 5) is 2.36. The molecule has 1 heteroatoms. The maximum Gasteiger partial charge on any atom is 0.0162 e. The average Bonchev–Trinajstić information content (AvgIpc) is 2.20. The van der Waals surface area contributed by atoms with Crippen LogP contribution in [0, 0.1) is 0 Å². The van der Waals surface area contributed by atoms with Gasteiger partial charge in [0.15, 0.2) is 0 Å². The highest BCUT2D eigenvalue weighted by molar-refractivity contribution is 5.00. The van der Waals surface area contributed by atoms with Gasteiger partial charge in [-0.2, -0.15) is 0 Å². The Morgan fingerprint density at radius 1 is 1.36 bits per heavy atom. The molecule has 1 aliphatic rings. The third-order valence-electron chi connectivity index (χ3n) is 1.86. The van der Waals surface area contributed by atoms with Gasteiger partial charge in [0.1, 0.15) is 0 Å². The van der Waals surface area contributed by atoms with Crippen molar-refractivity contribution in [2.24, 2.45) is 0 Å². The predicted molar refractivity (Wildman–Crippen MR) is 51.8 cm³/mol. The second kappa shape index (κ2) is 6.41. The number of likely N-dealkylation sites (N-methyl/N-ethyl adjacent to an activating group) is 1. The minimum absolute atomic E-state index is 1.14. The van der Waals surface area contributed by atoms with Crippen molar-refractivity contribution in [1.82, 2.24) is 4.90 Å². The van der Waals surface area contributed by atoms with Crippen LogP contribution in [0.3, 0.4) is 0 Å². The molecule has 1 aliphatic heterocycles. The topological polar surface area (TPSA) is 3.24 Å². The predicted octanol–water partition coefficient (Wildman–Crippen LogP) is 2.68. The summed E-state index contributed by atoms with van der Waals surface area (Å²) in [6, 6.07) is 0. The van der Waals surface area contributed by atoms with Crippen molar-refractivity contribution < 1.29 is 0 Å². The van der Waals surface area contributed by atoms with Crippen LogP contribution in [-0.2, 0) is 0 Å². The van der Waals surface area contributed by atoms with Crippen molar-refractivity contribution in [1.29, 1.82) is 0 Å². The SMILES string of the molecule is CC.CC1=CCN(C)CCC1. The second-order valence-electron chi connectivity index (χ2n) is 2.92. The Hall–Kier alpha value is -0.300. The molecule has 0 unspecified atom stereocenters. The van der Waals surface area contributed by atoms with Gasteiger partial charge < -0.3 is 4.90 Å². The molecule has 0 N–H and O–H groups in total. The minimum Gasteiger partial charge on any atom is -0.303 e. The third kappa shape index (κ3) is 5.02. The van der Waals surface area contributed by atoms with E-state index >= 15 is 0 Å². The molecule has 0 spiro atoms. The molecule has 0 amide bonds. The molecule has 0 fully saturated rings. The molecule has 0 aliphatic carbocycles. The van der Waals surface area contributed by atoms with Crippen molar-refractivity contribution in [3.63, 3.8) is 0 Å². The summed E-state index contributed by atoms with van der Waals surface area (Å²) in [6.45, 7) is 8.62. The molecule has 0 aromatic carbocycles. The second-order valence-corrected chi connectivity index (χ2v) is 2.92. The Bertz CT molecular complexity index is 116.